The molecule has 10 heteroatoms. The van der Waals surface area contributed by atoms with E-state index in [1.165, 1.54) is 12.3 Å². The zero-order valence-electron chi connectivity index (χ0n) is 14.5. The molecule has 3 rings (SSSR count). The minimum atomic E-state index is -0.980. The first-order valence-corrected chi connectivity index (χ1v) is 8.87. The average molecular weight is 404 g/mol. The Kier molecular flexibility index (Phi) is 5.59. The Bertz CT molecular complexity index is 1020. The molecule has 0 aliphatic heterocycles. The molecule has 0 fully saturated rings. The van der Waals surface area contributed by atoms with E-state index in [9.17, 15) is 18.4 Å². The maximum absolute atomic E-state index is 13.9. The Morgan fingerprint density at radius 3 is 2.54 bits per heavy atom. The van der Waals surface area contributed by atoms with Crippen LogP contribution in [0.3, 0.4) is 0 Å². The molecule has 0 aliphatic carbocycles. The molecule has 0 amide bonds. The van der Waals surface area contributed by atoms with E-state index in [0.717, 1.165) is 29.5 Å². The molecule has 3 N–H and O–H groups in total. The normalized spacial score (nSPS) is 10.5. The Balaban J connectivity index is 1.81. The van der Waals surface area contributed by atoms with Crippen LogP contribution in [0.4, 0.5) is 25.4 Å². The van der Waals surface area contributed by atoms with Crippen LogP contribution in [-0.4, -0.2) is 28.3 Å². The maximum Gasteiger partial charge on any atom is 0.356 e. The van der Waals surface area contributed by atoms with Gasteiger partial charge in [-0.3, -0.25) is 4.79 Å². The number of aromatic nitrogens is 2. The molecular formula is C18H14F2N4O3S. The van der Waals surface area contributed by atoms with E-state index in [2.05, 4.69) is 15.3 Å². The summed E-state index contributed by atoms with van der Waals surface area (Å²) in [6.07, 6.45) is 1.38. The minimum Gasteiger partial charge on any atom is -0.461 e. The van der Waals surface area contributed by atoms with Gasteiger partial charge in [-0.25, -0.2) is 23.5 Å². The molecule has 28 heavy (non-hydrogen) atoms. The number of anilines is 3. The van der Waals surface area contributed by atoms with Crippen molar-refractivity contribution in [3.05, 3.63) is 64.3 Å². The highest BCUT2D eigenvalue weighted by atomic mass is 32.1. The minimum absolute atomic E-state index is 0.0948. The number of nitrogens with two attached hydrogens (primary N) is 1. The van der Waals surface area contributed by atoms with Gasteiger partial charge in [-0.15, -0.1) is 0 Å². The molecule has 0 bridgehead atoms. The Hall–Kier alpha value is -3.40. The number of hydrogen-bond acceptors (Lipinski definition) is 8. The number of nitrogens with one attached hydrogen (secondary N) is 1. The fraction of sp³-hybridized carbons (Fsp3) is 0.111. The topological polar surface area (TPSA) is 107 Å². The van der Waals surface area contributed by atoms with Crippen LogP contribution in [0, 0.1) is 11.6 Å². The summed E-state index contributed by atoms with van der Waals surface area (Å²) in [7, 11) is 0. The Labute approximate surface area is 162 Å². The smallest absolute Gasteiger partial charge is 0.356 e. The third-order valence-electron chi connectivity index (χ3n) is 3.55. The van der Waals surface area contributed by atoms with Crippen molar-refractivity contribution in [2.75, 3.05) is 17.7 Å². The molecule has 2 aromatic heterocycles. The summed E-state index contributed by atoms with van der Waals surface area (Å²) in [4.78, 5) is 31.9. The molecule has 0 saturated carbocycles. The van der Waals surface area contributed by atoms with Gasteiger partial charge < -0.3 is 15.8 Å². The summed E-state index contributed by atoms with van der Waals surface area (Å²) < 4.78 is 32.5. The van der Waals surface area contributed by atoms with Crippen LogP contribution in [-0.2, 0) is 4.74 Å². The number of benzene rings is 1. The summed E-state index contributed by atoms with van der Waals surface area (Å²) in [6.45, 7) is 1.92. The molecule has 0 atom stereocenters. The lowest BCUT2D eigenvalue weighted by molar-refractivity contribution is 0.0519. The number of nitrogen functional groups attached to an aromatic ring is 1. The van der Waals surface area contributed by atoms with Crippen molar-refractivity contribution < 1.29 is 23.1 Å². The number of esters is 1. The first-order chi connectivity index (χ1) is 13.4. The van der Waals surface area contributed by atoms with Crippen molar-refractivity contribution in [1.82, 2.24) is 9.97 Å². The van der Waals surface area contributed by atoms with Gasteiger partial charge in [0.2, 0.25) is 5.78 Å². The van der Waals surface area contributed by atoms with Crippen molar-refractivity contribution >= 4 is 39.7 Å². The molecular weight excluding hydrogens is 390 g/mol. The summed E-state index contributed by atoms with van der Waals surface area (Å²) >= 11 is 0.844. The highest BCUT2D eigenvalue weighted by molar-refractivity contribution is 7.18. The monoisotopic (exact) mass is 404 g/mol. The number of pyridine rings is 1. The quantitative estimate of drug-likeness (QED) is 0.478. The van der Waals surface area contributed by atoms with Gasteiger partial charge in [0.05, 0.1) is 24.1 Å². The van der Waals surface area contributed by atoms with E-state index in [4.69, 9.17) is 10.5 Å². The number of rotatable bonds is 6. The maximum atomic E-state index is 13.9. The highest BCUT2D eigenvalue weighted by Crippen LogP contribution is 2.30. The van der Waals surface area contributed by atoms with Crippen molar-refractivity contribution in [1.29, 1.82) is 0 Å². The largest absolute Gasteiger partial charge is 0.461 e. The molecule has 2 heterocycles. The van der Waals surface area contributed by atoms with Gasteiger partial charge in [0, 0.05) is 0 Å². The van der Waals surface area contributed by atoms with Crippen molar-refractivity contribution in [3.63, 3.8) is 0 Å². The second kappa shape index (κ2) is 8.09. The number of carbonyl (C=O) groups is 2. The standard InChI is InChI=1S/C18H14F2N4O3S/c1-2-27-17(26)12-7-6-9(8-22-12)23-18-24-16(21)15(28-18)14(25)13-10(19)4-3-5-11(13)20/h3-8H,2,21H2,1H3,(H,23,24). The van der Waals surface area contributed by atoms with Gasteiger partial charge in [0.25, 0.3) is 0 Å². The molecule has 0 radical (unpaired) electrons. The van der Waals surface area contributed by atoms with Gasteiger partial charge in [0.1, 0.15) is 28.0 Å². The number of hydrogen-bond donors (Lipinski definition) is 2. The summed E-state index contributed by atoms with van der Waals surface area (Å²) in [6, 6.07) is 6.16. The molecule has 1 aromatic carbocycles. The summed E-state index contributed by atoms with van der Waals surface area (Å²) in [5.74, 6) is -3.56. The second-order valence-electron chi connectivity index (χ2n) is 5.44. The summed E-state index contributed by atoms with van der Waals surface area (Å²) in [5, 5.41) is 3.10. The predicted molar refractivity (Wildman–Crippen MR) is 99.8 cm³/mol. The molecule has 0 saturated heterocycles. The van der Waals surface area contributed by atoms with Gasteiger partial charge in [0.15, 0.2) is 5.13 Å². The van der Waals surface area contributed by atoms with Crippen LogP contribution < -0.4 is 11.1 Å². The number of ketones is 1. The Morgan fingerprint density at radius 1 is 1.21 bits per heavy atom. The lowest BCUT2D eigenvalue weighted by Crippen LogP contribution is -2.07. The first-order valence-electron chi connectivity index (χ1n) is 8.06. The molecule has 3 aromatic rings. The fourth-order valence-corrected chi connectivity index (χ4v) is 3.14. The van der Waals surface area contributed by atoms with E-state index in [-0.39, 0.29) is 28.1 Å². The second-order valence-corrected chi connectivity index (χ2v) is 6.44. The van der Waals surface area contributed by atoms with Gasteiger partial charge in [-0.2, -0.15) is 0 Å². The van der Waals surface area contributed by atoms with Crippen LogP contribution in [0.2, 0.25) is 0 Å². The SMILES string of the molecule is CCOC(=O)c1ccc(Nc2nc(N)c(C(=O)c3c(F)cccc3F)s2)cn1. The van der Waals surface area contributed by atoms with Gasteiger partial charge in [-0.05, 0) is 31.2 Å². The van der Waals surface area contributed by atoms with Crippen LogP contribution in [0.15, 0.2) is 36.5 Å². The predicted octanol–water partition coefficient (Wildman–Crippen LogP) is 3.55. The Morgan fingerprint density at radius 2 is 1.93 bits per heavy atom. The van der Waals surface area contributed by atoms with E-state index >= 15 is 0 Å². The molecule has 0 spiro atoms. The number of nitrogens with zero attached hydrogens (tertiary/aromatic N) is 2. The van der Waals surface area contributed by atoms with Crippen LogP contribution in [0.5, 0.6) is 0 Å². The van der Waals surface area contributed by atoms with Crippen LogP contribution >= 0.6 is 11.3 Å². The van der Waals surface area contributed by atoms with E-state index in [1.54, 1.807) is 13.0 Å². The average Bonchev–Trinajstić information content (AvgIpc) is 3.02. The highest BCUT2D eigenvalue weighted by Gasteiger charge is 2.24. The summed E-state index contributed by atoms with van der Waals surface area (Å²) in [5.41, 5.74) is 5.66. The van der Waals surface area contributed by atoms with Crippen molar-refractivity contribution in [2.24, 2.45) is 0 Å². The third kappa shape index (κ3) is 3.96. The van der Waals surface area contributed by atoms with Gasteiger partial charge >= 0.3 is 5.97 Å². The lowest BCUT2D eigenvalue weighted by Gasteiger charge is -2.04. The van der Waals surface area contributed by atoms with Crippen LogP contribution in [0.25, 0.3) is 0 Å². The zero-order chi connectivity index (χ0) is 20.3. The van der Waals surface area contributed by atoms with Crippen molar-refractivity contribution in [2.45, 2.75) is 6.92 Å². The molecule has 0 aliphatic rings. The zero-order valence-corrected chi connectivity index (χ0v) is 15.3. The molecule has 7 nitrogen and oxygen atoms in total. The van der Waals surface area contributed by atoms with Crippen molar-refractivity contribution in [3.8, 4) is 0 Å². The van der Waals surface area contributed by atoms with Crippen LogP contribution in [0.1, 0.15) is 32.6 Å². The number of carbonyl (C=O) groups excluding carboxylic acids is 2. The van der Waals surface area contributed by atoms with E-state index < -0.39 is 29.0 Å². The van der Waals surface area contributed by atoms with E-state index in [1.807, 2.05) is 0 Å². The van der Waals surface area contributed by atoms with E-state index in [0.29, 0.717) is 5.69 Å². The molecule has 0 unspecified atom stereocenters. The number of halogens is 2. The fourth-order valence-electron chi connectivity index (χ4n) is 2.29. The number of ether oxygens (including phenoxy) is 1. The number of thiazole rings is 1. The third-order valence-corrected chi connectivity index (χ3v) is 4.53. The first kappa shape index (κ1) is 19.4. The van der Waals surface area contributed by atoms with Gasteiger partial charge in [-0.1, -0.05) is 17.4 Å². The molecule has 144 valence electrons. The lowest BCUT2D eigenvalue weighted by atomic mass is 10.1.